The van der Waals surface area contributed by atoms with Crippen LogP contribution in [-0.4, -0.2) is 22.9 Å². The van der Waals surface area contributed by atoms with Gasteiger partial charge in [0.15, 0.2) is 0 Å². The molecule has 0 saturated heterocycles. The van der Waals surface area contributed by atoms with Gasteiger partial charge in [-0.25, -0.2) is 4.79 Å². The van der Waals surface area contributed by atoms with Gasteiger partial charge in [-0.3, -0.25) is 4.68 Å². The Hall–Kier alpha value is -1.62. The van der Waals surface area contributed by atoms with Crippen LogP contribution in [0.1, 0.15) is 13.0 Å². The summed E-state index contributed by atoms with van der Waals surface area (Å²) < 4.78 is 6.28. The second kappa shape index (κ2) is 4.49. The molecule has 0 amide bonds. The lowest BCUT2D eigenvalue weighted by Crippen LogP contribution is -2.17. The summed E-state index contributed by atoms with van der Waals surface area (Å²) in [4.78, 5) is 12.5. The molecule has 2 rings (SSSR count). The van der Waals surface area contributed by atoms with Crippen LogP contribution < -0.4 is 0 Å². The molecule has 84 valence electrons. The lowest BCUT2D eigenvalue weighted by molar-refractivity contribution is -0.144. The Balaban J connectivity index is 2.23. The molecule has 5 heteroatoms. The first-order chi connectivity index (χ1) is 7.72. The minimum absolute atomic E-state index is 0.291. The molecule has 0 fully saturated rings. The SMILES string of the molecule is COC(=O)[C@@H](C)n1cc(-c2cccs2)cn1. The van der Waals surface area contributed by atoms with E-state index >= 15 is 0 Å². The number of hydrogen-bond acceptors (Lipinski definition) is 4. The number of esters is 1. The van der Waals surface area contributed by atoms with E-state index < -0.39 is 6.04 Å². The maximum atomic E-state index is 11.3. The zero-order valence-electron chi connectivity index (χ0n) is 9.08. The van der Waals surface area contributed by atoms with E-state index in [1.54, 1.807) is 29.1 Å². The molecule has 2 heterocycles. The van der Waals surface area contributed by atoms with Gasteiger partial charge >= 0.3 is 5.97 Å². The average molecular weight is 236 g/mol. The van der Waals surface area contributed by atoms with Crippen molar-refractivity contribution in [3.05, 3.63) is 29.9 Å². The van der Waals surface area contributed by atoms with Crippen molar-refractivity contribution in [3.63, 3.8) is 0 Å². The van der Waals surface area contributed by atoms with E-state index in [4.69, 9.17) is 0 Å². The van der Waals surface area contributed by atoms with E-state index in [2.05, 4.69) is 9.84 Å². The van der Waals surface area contributed by atoms with Gasteiger partial charge in [-0.15, -0.1) is 11.3 Å². The first-order valence-electron chi connectivity index (χ1n) is 4.88. The van der Waals surface area contributed by atoms with E-state index in [0.717, 1.165) is 10.4 Å². The predicted molar refractivity (Wildman–Crippen MR) is 62.3 cm³/mol. The molecule has 0 saturated carbocycles. The van der Waals surface area contributed by atoms with Crippen LogP contribution in [0.25, 0.3) is 10.4 Å². The van der Waals surface area contributed by atoms with Gasteiger partial charge in [0, 0.05) is 16.6 Å². The van der Waals surface area contributed by atoms with Crippen LogP contribution in [-0.2, 0) is 9.53 Å². The highest BCUT2D eigenvalue weighted by Gasteiger charge is 2.16. The molecule has 0 bridgehead atoms. The van der Waals surface area contributed by atoms with Crippen molar-refractivity contribution in [2.45, 2.75) is 13.0 Å². The Morgan fingerprint density at radius 1 is 1.62 bits per heavy atom. The normalized spacial score (nSPS) is 12.4. The summed E-state index contributed by atoms with van der Waals surface area (Å²) in [5, 5.41) is 6.17. The summed E-state index contributed by atoms with van der Waals surface area (Å²) in [6, 6.07) is 3.62. The first kappa shape index (κ1) is 10.9. The largest absolute Gasteiger partial charge is 0.467 e. The van der Waals surface area contributed by atoms with E-state index in [1.807, 2.05) is 23.7 Å². The Bertz CT molecular complexity index is 476. The third-order valence-corrected chi connectivity index (χ3v) is 3.27. The summed E-state index contributed by atoms with van der Waals surface area (Å²) >= 11 is 1.65. The van der Waals surface area contributed by atoms with Crippen LogP contribution in [0.2, 0.25) is 0 Å². The van der Waals surface area contributed by atoms with Crippen LogP contribution in [0.5, 0.6) is 0 Å². The molecular formula is C11H12N2O2S. The van der Waals surface area contributed by atoms with Crippen LogP contribution in [0, 0.1) is 0 Å². The van der Waals surface area contributed by atoms with Gasteiger partial charge in [0.25, 0.3) is 0 Å². The topological polar surface area (TPSA) is 44.1 Å². The van der Waals surface area contributed by atoms with Gasteiger partial charge in [-0.05, 0) is 18.4 Å². The van der Waals surface area contributed by atoms with Crippen LogP contribution >= 0.6 is 11.3 Å². The monoisotopic (exact) mass is 236 g/mol. The molecule has 0 aromatic carbocycles. The van der Waals surface area contributed by atoms with Gasteiger partial charge in [-0.1, -0.05) is 6.07 Å². The predicted octanol–water partition coefficient (Wildman–Crippen LogP) is 2.35. The second-order valence-electron chi connectivity index (χ2n) is 3.39. The minimum atomic E-state index is -0.390. The van der Waals surface area contributed by atoms with Crippen molar-refractivity contribution in [1.29, 1.82) is 0 Å². The van der Waals surface area contributed by atoms with Crippen molar-refractivity contribution in [3.8, 4) is 10.4 Å². The van der Waals surface area contributed by atoms with Crippen molar-refractivity contribution in [2.24, 2.45) is 0 Å². The number of nitrogens with zero attached hydrogens (tertiary/aromatic N) is 2. The molecule has 2 aromatic rings. The number of carbonyl (C=O) groups excluding carboxylic acids is 1. The number of ether oxygens (including phenoxy) is 1. The molecular weight excluding hydrogens is 224 g/mol. The number of methoxy groups -OCH3 is 1. The van der Waals surface area contributed by atoms with Gasteiger partial charge in [0.2, 0.25) is 0 Å². The zero-order valence-corrected chi connectivity index (χ0v) is 9.90. The van der Waals surface area contributed by atoms with Crippen molar-refractivity contribution < 1.29 is 9.53 Å². The van der Waals surface area contributed by atoms with Gasteiger partial charge in [-0.2, -0.15) is 5.10 Å². The summed E-state index contributed by atoms with van der Waals surface area (Å²) in [6.07, 6.45) is 3.61. The molecule has 0 aliphatic heterocycles. The molecule has 16 heavy (non-hydrogen) atoms. The highest BCUT2D eigenvalue weighted by Crippen LogP contribution is 2.24. The highest BCUT2D eigenvalue weighted by molar-refractivity contribution is 7.13. The Morgan fingerprint density at radius 2 is 2.44 bits per heavy atom. The standard InChI is InChI=1S/C11H12N2O2S/c1-8(11(14)15-2)13-7-9(6-12-13)10-4-3-5-16-10/h3-8H,1-2H3/t8-/m1/s1. The number of rotatable bonds is 3. The van der Waals surface area contributed by atoms with E-state index in [-0.39, 0.29) is 5.97 Å². The van der Waals surface area contributed by atoms with Crippen LogP contribution in [0.3, 0.4) is 0 Å². The zero-order chi connectivity index (χ0) is 11.5. The molecule has 0 unspecified atom stereocenters. The highest BCUT2D eigenvalue weighted by atomic mass is 32.1. The molecule has 2 aromatic heterocycles. The summed E-state index contributed by atoms with van der Waals surface area (Å²) in [6.45, 7) is 1.76. The summed E-state index contributed by atoms with van der Waals surface area (Å²) in [5.41, 5.74) is 1.02. The fourth-order valence-corrected chi connectivity index (χ4v) is 2.10. The maximum absolute atomic E-state index is 11.3. The Morgan fingerprint density at radius 3 is 3.06 bits per heavy atom. The average Bonchev–Trinajstić information content (AvgIpc) is 2.96. The Labute approximate surface area is 97.5 Å². The number of carbonyl (C=O) groups is 1. The third-order valence-electron chi connectivity index (χ3n) is 2.35. The smallest absolute Gasteiger partial charge is 0.330 e. The molecule has 0 aliphatic rings. The summed E-state index contributed by atoms with van der Waals surface area (Å²) in [5.74, 6) is -0.291. The van der Waals surface area contributed by atoms with E-state index in [1.165, 1.54) is 7.11 Å². The first-order valence-corrected chi connectivity index (χ1v) is 5.76. The number of aromatic nitrogens is 2. The minimum Gasteiger partial charge on any atom is -0.467 e. The molecule has 0 aliphatic carbocycles. The van der Waals surface area contributed by atoms with Crippen molar-refractivity contribution >= 4 is 17.3 Å². The second-order valence-corrected chi connectivity index (χ2v) is 4.33. The van der Waals surface area contributed by atoms with Crippen LogP contribution in [0.4, 0.5) is 0 Å². The maximum Gasteiger partial charge on any atom is 0.330 e. The van der Waals surface area contributed by atoms with E-state index in [0.29, 0.717) is 0 Å². The van der Waals surface area contributed by atoms with E-state index in [9.17, 15) is 4.79 Å². The summed E-state index contributed by atoms with van der Waals surface area (Å²) in [7, 11) is 1.38. The van der Waals surface area contributed by atoms with Crippen molar-refractivity contribution in [2.75, 3.05) is 7.11 Å². The Kier molecular flexibility index (Phi) is 3.05. The fourth-order valence-electron chi connectivity index (χ4n) is 1.40. The fraction of sp³-hybridized carbons (Fsp3) is 0.273. The van der Waals surface area contributed by atoms with Crippen LogP contribution in [0.15, 0.2) is 29.9 Å². The van der Waals surface area contributed by atoms with Gasteiger partial charge in [0.1, 0.15) is 6.04 Å². The number of thiophene rings is 1. The molecule has 0 radical (unpaired) electrons. The van der Waals surface area contributed by atoms with Gasteiger partial charge in [0.05, 0.1) is 13.3 Å². The molecule has 1 atom stereocenters. The quantitative estimate of drug-likeness (QED) is 0.768. The lowest BCUT2D eigenvalue weighted by atomic mass is 10.3. The van der Waals surface area contributed by atoms with Crippen molar-refractivity contribution in [1.82, 2.24) is 9.78 Å². The third kappa shape index (κ3) is 1.99. The number of hydrogen-bond donors (Lipinski definition) is 0. The molecule has 0 spiro atoms. The van der Waals surface area contributed by atoms with Gasteiger partial charge < -0.3 is 4.74 Å². The molecule has 0 N–H and O–H groups in total. The molecule has 4 nitrogen and oxygen atoms in total. The lowest BCUT2D eigenvalue weighted by Gasteiger charge is -2.08.